The number of nitrogens with two attached hydrogens (primary N) is 1. The second-order valence-corrected chi connectivity index (χ2v) is 4.24. The molecule has 0 radical (unpaired) electrons. The number of hydrogen-bond donors (Lipinski definition) is 2. The molecule has 0 unspecified atom stereocenters. The van der Waals surface area contributed by atoms with Gasteiger partial charge < -0.3 is 20.5 Å². The van der Waals surface area contributed by atoms with E-state index in [4.69, 9.17) is 15.2 Å². The maximum Gasteiger partial charge on any atom is 0.161 e. The van der Waals surface area contributed by atoms with E-state index in [1.54, 1.807) is 14.2 Å². The quantitative estimate of drug-likeness (QED) is 0.826. The smallest absolute Gasteiger partial charge is 0.161 e. The fraction of sp³-hybridized carbons (Fsp3) is 0.538. The van der Waals surface area contributed by atoms with E-state index in [1.165, 1.54) is 11.1 Å². The summed E-state index contributed by atoms with van der Waals surface area (Å²) in [5.41, 5.74) is 8.27. The molecule has 1 aromatic carbocycles. The average Bonchev–Trinajstić information content (AvgIpc) is 2.38. The zero-order valence-electron chi connectivity index (χ0n) is 10.5. The van der Waals surface area contributed by atoms with E-state index in [0.717, 1.165) is 30.9 Å². The molecular formula is C13H20N2O2. The maximum atomic E-state index is 5.65. The largest absolute Gasteiger partial charge is 0.493 e. The molecule has 0 aromatic heterocycles. The molecule has 1 aromatic rings. The lowest BCUT2D eigenvalue weighted by molar-refractivity contribution is 0.351. The number of ether oxygens (including phenoxy) is 2. The SMILES string of the molecule is COc1cc2c(cc1OC)[C@H](CCN)NCC2. The molecule has 0 saturated carbocycles. The van der Waals surface area contributed by atoms with Crippen molar-refractivity contribution in [3.63, 3.8) is 0 Å². The molecular weight excluding hydrogens is 216 g/mol. The molecule has 4 heteroatoms. The second-order valence-electron chi connectivity index (χ2n) is 4.24. The van der Waals surface area contributed by atoms with Crippen LogP contribution in [0.15, 0.2) is 12.1 Å². The lowest BCUT2D eigenvalue weighted by Crippen LogP contribution is -2.31. The predicted octanol–water partition coefficient (Wildman–Crippen LogP) is 1.24. The molecule has 94 valence electrons. The van der Waals surface area contributed by atoms with Crippen molar-refractivity contribution in [1.82, 2.24) is 5.32 Å². The minimum Gasteiger partial charge on any atom is -0.493 e. The topological polar surface area (TPSA) is 56.5 Å². The molecule has 0 saturated heterocycles. The van der Waals surface area contributed by atoms with E-state index in [0.29, 0.717) is 12.6 Å². The van der Waals surface area contributed by atoms with Crippen molar-refractivity contribution in [2.75, 3.05) is 27.3 Å². The van der Waals surface area contributed by atoms with Gasteiger partial charge in [-0.25, -0.2) is 0 Å². The minimum atomic E-state index is 0.337. The highest BCUT2D eigenvalue weighted by Crippen LogP contribution is 2.35. The highest BCUT2D eigenvalue weighted by atomic mass is 16.5. The van der Waals surface area contributed by atoms with Gasteiger partial charge in [0.2, 0.25) is 0 Å². The van der Waals surface area contributed by atoms with Gasteiger partial charge in [-0.1, -0.05) is 0 Å². The molecule has 4 nitrogen and oxygen atoms in total. The number of hydrogen-bond acceptors (Lipinski definition) is 4. The number of benzene rings is 1. The van der Waals surface area contributed by atoms with E-state index in [1.807, 2.05) is 0 Å². The van der Waals surface area contributed by atoms with Gasteiger partial charge in [0.15, 0.2) is 11.5 Å². The first-order valence-corrected chi connectivity index (χ1v) is 5.98. The fourth-order valence-corrected chi connectivity index (χ4v) is 2.39. The Morgan fingerprint density at radius 3 is 2.65 bits per heavy atom. The van der Waals surface area contributed by atoms with Crippen LogP contribution in [0, 0.1) is 0 Å². The molecule has 0 spiro atoms. The van der Waals surface area contributed by atoms with E-state index in [2.05, 4.69) is 17.4 Å². The van der Waals surface area contributed by atoms with Crippen molar-refractivity contribution < 1.29 is 9.47 Å². The number of methoxy groups -OCH3 is 2. The average molecular weight is 236 g/mol. The van der Waals surface area contributed by atoms with Gasteiger partial charge in [0.05, 0.1) is 14.2 Å². The van der Waals surface area contributed by atoms with Gasteiger partial charge in [0, 0.05) is 6.04 Å². The van der Waals surface area contributed by atoms with Crippen molar-refractivity contribution in [2.24, 2.45) is 5.73 Å². The highest BCUT2D eigenvalue weighted by Gasteiger charge is 2.21. The predicted molar refractivity (Wildman–Crippen MR) is 67.7 cm³/mol. The molecule has 1 aliphatic rings. The van der Waals surface area contributed by atoms with Crippen LogP contribution in [0.3, 0.4) is 0 Å². The summed E-state index contributed by atoms with van der Waals surface area (Å²) in [4.78, 5) is 0. The number of nitrogens with one attached hydrogen (secondary N) is 1. The molecule has 17 heavy (non-hydrogen) atoms. The van der Waals surface area contributed by atoms with Crippen LogP contribution in [0.1, 0.15) is 23.6 Å². The van der Waals surface area contributed by atoms with Crippen molar-refractivity contribution >= 4 is 0 Å². The summed E-state index contributed by atoms with van der Waals surface area (Å²) in [6, 6.07) is 4.49. The van der Waals surface area contributed by atoms with E-state index < -0.39 is 0 Å². The lowest BCUT2D eigenvalue weighted by Gasteiger charge is -2.27. The second kappa shape index (κ2) is 5.38. The van der Waals surface area contributed by atoms with Gasteiger partial charge >= 0.3 is 0 Å². The number of fused-ring (bicyclic) bond motifs is 1. The van der Waals surface area contributed by atoms with Crippen LogP contribution in [0.25, 0.3) is 0 Å². The van der Waals surface area contributed by atoms with E-state index >= 15 is 0 Å². The molecule has 1 aliphatic heterocycles. The van der Waals surface area contributed by atoms with Crippen LogP contribution in [0.4, 0.5) is 0 Å². The summed E-state index contributed by atoms with van der Waals surface area (Å²) in [5, 5.41) is 3.49. The van der Waals surface area contributed by atoms with Gasteiger partial charge in [-0.05, 0) is 49.2 Å². The van der Waals surface area contributed by atoms with Gasteiger partial charge in [0.1, 0.15) is 0 Å². The molecule has 1 heterocycles. The standard InChI is InChI=1S/C13H20N2O2/c1-16-12-7-9-4-6-15-11(3-5-14)10(9)8-13(12)17-2/h7-8,11,15H,3-6,14H2,1-2H3/t11-/m0/s1. The Morgan fingerprint density at radius 1 is 1.29 bits per heavy atom. The normalized spacial score (nSPS) is 18.6. The van der Waals surface area contributed by atoms with Crippen LogP contribution < -0.4 is 20.5 Å². The summed E-state index contributed by atoms with van der Waals surface area (Å²) < 4.78 is 10.7. The first kappa shape index (κ1) is 12.2. The van der Waals surface area contributed by atoms with E-state index in [9.17, 15) is 0 Å². The molecule has 3 N–H and O–H groups in total. The van der Waals surface area contributed by atoms with Crippen molar-refractivity contribution in [2.45, 2.75) is 18.9 Å². The van der Waals surface area contributed by atoms with Gasteiger partial charge in [-0.15, -0.1) is 0 Å². The zero-order chi connectivity index (χ0) is 12.3. The van der Waals surface area contributed by atoms with Gasteiger partial charge in [-0.2, -0.15) is 0 Å². The van der Waals surface area contributed by atoms with E-state index in [-0.39, 0.29) is 0 Å². The molecule has 2 rings (SSSR count). The Labute approximate surface area is 102 Å². The highest BCUT2D eigenvalue weighted by molar-refractivity contribution is 5.49. The lowest BCUT2D eigenvalue weighted by atomic mass is 9.92. The Kier molecular flexibility index (Phi) is 3.86. The van der Waals surface area contributed by atoms with Crippen molar-refractivity contribution in [3.8, 4) is 11.5 Å². The maximum absolute atomic E-state index is 5.65. The Morgan fingerprint density at radius 2 is 2.00 bits per heavy atom. The third-order valence-electron chi connectivity index (χ3n) is 3.26. The van der Waals surface area contributed by atoms with Crippen LogP contribution in [0.5, 0.6) is 11.5 Å². The summed E-state index contributed by atoms with van der Waals surface area (Å²) in [5.74, 6) is 1.59. The summed E-state index contributed by atoms with van der Waals surface area (Å²) >= 11 is 0. The first-order chi connectivity index (χ1) is 8.30. The molecule has 0 bridgehead atoms. The first-order valence-electron chi connectivity index (χ1n) is 5.98. The van der Waals surface area contributed by atoms with Crippen LogP contribution in [0.2, 0.25) is 0 Å². The van der Waals surface area contributed by atoms with Gasteiger partial charge in [0.25, 0.3) is 0 Å². The Hall–Kier alpha value is -1.26. The Balaban J connectivity index is 2.39. The van der Waals surface area contributed by atoms with Crippen LogP contribution in [-0.2, 0) is 6.42 Å². The monoisotopic (exact) mass is 236 g/mol. The van der Waals surface area contributed by atoms with Crippen LogP contribution >= 0.6 is 0 Å². The zero-order valence-corrected chi connectivity index (χ0v) is 10.5. The summed E-state index contributed by atoms with van der Waals surface area (Å²) in [6.07, 6.45) is 1.97. The molecule has 0 aliphatic carbocycles. The van der Waals surface area contributed by atoms with Crippen LogP contribution in [-0.4, -0.2) is 27.3 Å². The van der Waals surface area contributed by atoms with Gasteiger partial charge in [-0.3, -0.25) is 0 Å². The Bertz CT molecular complexity index is 393. The number of rotatable bonds is 4. The fourth-order valence-electron chi connectivity index (χ4n) is 2.39. The third-order valence-corrected chi connectivity index (χ3v) is 3.26. The molecule has 1 atom stereocenters. The third kappa shape index (κ3) is 2.37. The summed E-state index contributed by atoms with van der Waals surface area (Å²) in [7, 11) is 3.33. The van der Waals surface area contributed by atoms with Crippen molar-refractivity contribution in [1.29, 1.82) is 0 Å². The van der Waals surface area contributed by atoms with Crippen molar-refractivity contribution in [3.05, 3.63) is 23.3 Å². The molecule has 0 fully saturated rings. The minimum absolute atomic E-state index is 0.337. The molecule has 0 amide bonds. The summed E-state index contributed by atoms with van der Waals surface area (Å²) in [6.45, 7) is 1.68.